The molecule has 0 unspecified atom stereocenters. The van der Waals surface area contributed by atoms with E-state index in [9.17, 15) is 14.0 Å². The van der Waals surface area contributed by atoms with Gasteiger partial charge in [-0.25, -0.2) is 14.2 Å². The molecule has 0 spiro atoms. The Morgan fingerprint density at radius 3 is 2.77 bits per heavy atom. The molecule has 26 heavy (non-hydrogen) atoms. The number of esters is 1. The van der Waals surface area contributed by atoms with E-state index in [4.69, 9.17) is 16.3 Å². The number of amides is 1. The first kappa shape index (κ1) is 18.1. The second-order valence-electron chi connectivity index (χ2n) is 5.88. The lowest BCUT2D eigenvalue weighted by atomic mass is 10.2. The fourth-order valence-corrected chi connectivity index (χ4v) is 3.00. The van der Waals surface area contributed by atoms with Crippen LogP contribution < -0.4 is 15.2 Å². The average Bonchev–Trinajstić information content (AvgIpc) is 3.16. The van der Waals surface area contributed by atoms with E-state index in [2.05, 4.69) is 15.2 Å². The van der Waals surface area contributed by atoms with Crippen LogP contribution in [0.25, 0.3) is 0 Å². The molecule has 0 saturated carbocycles. The normalized spacial score (nSPS) is 13.5. The number of hydrogen-bond acceptors (Lipinski definition) is 4. The predicted octanol–water partition coefficient (Wildman–Crippen LogP) is 2.69. The number of carbonyl (C=O) groups excluding carboxylic acids is 2. The highest BCUT2D eigenvalue weighted by Gasteiger charge is 2.27. The molecule has 3 rings (SSSR count). The van der Waals surface area contributed by atoms with Gasteiger partial charge in [-0.3, -0.25) is 9.69 Å². The maximum Gasteiger partial charge on any atom is 0.347 e. The van der Waals surface area contributed by atoms with E-state index in [1.54, 1.807) is 18.3 Å². The van der Waals surface area contributed by atoms with Gasteiger partial charge in [-0.1, -0.05) is 11.6 Å². The third-order valence-electron chi connectivity index (χ3n) is 4.02. The van der Waals surface area contributed by atoms with Crippen molar-refractivity contribution >= 4 is 35.0 Å². The number of nitrogens with one attached hydrogen (secondary N) is 2. The number of benzene rings is 1. The molecule has 1 aliphatic heterocycles. The van der Waals surface area contributed by atoms with Crippen molar-refractivity contribution in [1.82, 2.24) is 0 Å². The quantitative estimate of drug-likeness (QED) is 0.812. The highest BCUT2D eigenvalue weighted by Crippen LogP contribution is 2.23. The van der Waals surface area contributed by atoms with Gasteiger partial charge in [-0.05, 0) is 43.2 Å². The van der Waals surface area contributed by atoms with Crippen molar-refractivity contribution in [2.45, 2.75) is 12.8 Å². The summed E-state index contributed by atoms with van der Waals surface area (Å²) in [4.78, 5) is 29.5. The summed E-state index contributed by atoms with van der Waals surface area (Å²) >= 11 is 5.85. The summed E-state index contributed by atoms with van der Waals surface area (Å²) in [5, 5.41) is 2.55. The molecule has 1 aromatic heterocycles. The number of H-pyrrole nitrogens is 1. The Labute approximate surface area is 154 Å². The fraction of sp³-hybridized carbons (Fsp3) is 0.278. The standard InChI is InChI=1S/C18H17ClFN3O3/c19-14-10-12(20)5-6-15(14)22-16(24)11-26-18(25)13-4-3-7-21-17(13)23-8-1-2-9-23/h3-7,10H,1-2,8-9,11H2,(H,22,24)/p+1. The summed E-state index contributed by atoms with van der Waals surface area (Å²) in [5.41, 5.74) is 0.627. The van der Waals surface area contributed by atoms with Crippen molar-refractivity contribution < 1.29 is 23.7 Å². The van der Waals surface area contributed by atoms with Crippen LogP contribution in [-0.4, -0.2) is 31.6 Å². The number of halogens is 2. The molecular weight excluding hydrogens is 361 g/mol. The molecule has 2 aromatic rings. The van der Waals surface area contributed by atoms with Gasteiger partial charge in [0.05, 0.1) is 30.0 Å². The van der Waals surface area contributed by atoms with E-state index in [0.29, 0.717) is 11.4 Å². The molecule has 1 fully saturated rings. The molecule has 0 radical (unpaired) electrons. The smallest absolute Gasteiger partial charge is 0.347 e. The zero-order valence-electron chi connectivity index (χ0n) is 13.9. The molecule has 6 nitrogen and oxygen atoms in total. The number of pyridine rings is 1. The number of aromatic amines is 1. The first-order chi connectivity index (χ1) is 12.5. The summed E-state index contributed by atoms with van der Waals surface area (Å²) in [7, 11) is 0. The zero-order valence-corrected chi connectivity index (χ0v) is 14.7. The molecule has 1 aromatic carbocycles. The summed E-state index contributed by atoms with van der Waals surface area (Å²) in [6.45, 7) is 1.26. The van der Waals surface area contributed by atoms with Crippen molar-refractivity contribution in [3.05, 3.63) is 52.9 Å². The van der Waals surface area contributed by atoms with Crippen LogP contribution in [0.2, 0.25) is 5.02 Å². The predicted molar refractivity (Wildman–Crippen MR) is 94.8 cm³/mol. The maximum absolute atomic E-state index is 13.0. The van der Waals surface area contributed by atoms with E-state index in [0.717, 1.165) is 32.0 Å². The van der Waals surface area contributed by atoms with Crippen molar-refractivity contribution in [2.75, 3.05) is 29.9 Å². The van der Waals surface area contributed by atoms with E-state index >= 15 is 0 Å². The Hall–Kier alpha value is -2.67. The van der Waals surface area contributed by atoms with Crippen LogP contribution in [-0.2, 0) is 9.53 Å². The molecule has 0 atom stereocenters. The van der Waals surface area contributed by atoms with E-state index < -0.39 is 24.3 Å². The van der Waals surface area contributed by atoms with Gasteiger partial charge in [0.25, 0.3) is 11.7 Å². The van der Waals surface area contributed by atoms with Gasteiger partial charge >= 0.3 is 5.97 Å². The Morgan fingerprint density at radius 1 is 1.27 bits per heavy atom. The third kappa shape index (κ3) is 4.29. The molecule has 2 heterocycles. The monoisotopic (exact) mass is 378 g/mol. The van der Waals surface area contributed by atoms with Crippen LogP contribution in [0.4, 0.5) is 15.9 Å². The topological polar surface area (TPSA) is 72.8 Å². The Balaban J connectivity index is 1.61. The van der Waals surface area contributed by atoms with Crippen molar-refractivity contribution in [2.24, 2.45) is 0 Å². The van der Waals surface area contributed by atoms with Gasteiger partial charge in [-0.15, -0.1) is 0 Å². The molecule has 2 N–H and O–H groups in total. The summed E-state index contributed by atoms with van der Waals surface area (Å²) in [6, 6.07) is 6.96. The fourth-order valence-electron chi connectivity index (χ4n) is 2.78. The second-order valence-corrected chi connectivity index (χ2v) is 6.28. The van der Waals surface area contributed by atoms with Gasteiger partial charge in [0.1, 0.15) is 11.4 Å². The minimum absolute atomic E-state index is 0.0682. The number of hydrogen-bond donors (Lipinski definition) is 1. The largest absolute Gasteiger partial charge is 0.452 e. The average molecular weight is 379 g/mol. The van der Waals surface area contributed by atoms with Crippen LogP contribution in [0, 0.1) is 5.82 Å². The van der Waals surface area contributed by atoms with Gasteiger partial charge in [0.2, 0.25) is 0 Å². The van der Waals surface area contributed by atoms with Crippen LogP contribution in [0.3, 0.4) is 0 Å². The molecular formula is C18H18ClFN3O3+. The summed E-state index contributed by atoms with van der Waals surface area (Å²) in [5.74, 6) is -0.968. The van der Waals surface area contributed by atoms with E-state index in [-0.39, 0.29) is 10.7 Å². The molecule has 1 aliphatic rings. The number of ether oxygens (including phenoxy) is 1. The van der Waals surface area contributed by atoms with Crippen molar-refractivity contribution in [3.8, 4) is 0 Å². The van der Waals surface area contributed by atoms with Crippen LogP contribution in [0.15, 0.2) is 36.5 Å². The lowest BCUT2D eigenvalue weighted by Gasteiger charge is -2.12. The molecule has 1 amide bonds. The molecule has 0 bridgehead atoms. The Kier molecular flexibility index (Phi) is 5.68. The van der Waals surface area contributed by atoms with Crippen LogP contribution >= 0.6 is 11.6 Å². The molecule has 0 aliphatic carbocycles. The molecule has 136 valence electrons. The summed E-state index contributed by atoms with van der Waals surface area (Å²) < 4.78 is 18.1. The highest BCUT2D eigenvalue weighted by molar-refractivity contribution is 6.33. The minimum Gasteiger partial charge on any atom is -0.452 e. The van der Waals surface area contributed by atoms with Gasteiger partial charge in [0, 0.05) is 0 Å². The summed E-state index contributed by atoms with van der Waals surface area (Å²) in [6.07, 6.45) is 3.88. The number of carbonyl (C=O) groups is 2. The number of aromatic nitrogens is 1. The van der Waals surface area contributed by atoms with Crippen molar-refractivity contribution in [1.29, 1.82) is 0 Å². The molecule has 1 saturated heterocycles. The van der Waals surface area contributed by atoms with Crippen molar-refractivity contribution in [3.63, 3.8) is 0 Å². The number of rotatable bonds is 5. The van der Waals surface area contributed by atoms with Crippen LogP contribution in [0.5, 0.6) is 0 Å². The lowest BCUT2D eigenvalue weighted by Crippen LogP contribution is -2.29. The first-order valence-electron chi connectivity index (χ1n) is 8.22. The Bertz CT molecular complexity index is 825. The second kappa shape index (κ2) is 8.14. The minimum atomic E-state index is -0.593. The third-order valence-corrected chi connectivity index (χ3v) is 4.33. The Morgan fingerprint density at radius 2 is 2.04 bits per heavy atom. The van der Waals surface area contributed by atoms with Crippen LogP contribution in [0.1, 0.15) is 23.2 Å². The lowest BCUT2D eigenvalue weighted by molar-refractivity contribution is -0.364. The molecule has 8 heteroatoms. The van der Waals surface area contributed by atoms with E-state index in [1.165, 1.54) is 12.1 Å². The number of nitrogens with zero attached hydrogens (tertiary/aromatic N) is 1. The zero-order chi connectivity index (χ0) is 18.5. The highest BCUT2D eigenvalue weighted by atomic mass is 35.5. The first-order valence-corrected chi connectivity index (χ1v) is 8.60. The SMILES string of the molecule is O=C(COC(=O)c1ccc[nH+]c1N1CCCC1)Nc1ccc(F)cc1Cl. The number of anilines is 2. The van der Waals surface area contributed by atoms with E-state index in [1.807, 2.05) is 0 Å². The maximum atomic E-state index is 13.0. The van der Waals surface area contributed by atoms with Gasteiger partial charge in [-0.2, -0.15) is 0 Å². The van der Waals surface area contributed by atoms with Gasteiger partial charge < -0.3 is 10.1 Å². The van der Waals surface area contributed by atoms with Gasteiger partial charge in [0.15, 0.2) is 6.61 Å².